The van der Waals surface area contributed by atoms with Gasteiger partial charge in [0.2, 0.25) is 11.8 Å². The molecule has 6 heteroatoms. The van der Waals surface area contributed by atoms with Crippen LogP contribution in [0.5, 0.6) is 0 Å². The molecule has 1 atom stereocenters. The van der Waals surface area contributed by atoms with E-state index in [0.717, 1.165) is 30.2 Å². The molecule has 1 aliphatic heterocycles. The van der Waals surface area contributed by atoms with Crippen LogP contribution in [0.3, 0.4) is 0 Å². The molecule has 0 aromatic heterocycles. The standard InChI is InChI=1S/C18H22N2O3S/c1-11(2)13-5-3-12(4-6-13)10-20(14-7-8-14)16(21)9-15-17(22)19-18(23)24-15/h3-6,11,14-15H,7-10H2,1-2H3,(H,19,22,23). The van der Waals surface area contributed by atoms with E-state index < -0.39 is 5.25 Å². The molecule has 3 rings (SSSR count). The Morgan fingerprint density at radius 1 is 1.25 bits per heavy atom. The van der Waals surface area contributed by atoms with Gasteiger partial charge in [0.05, 0.1) is 0 Å². The lowest BCUT2D eigenvalue weighted by Gasteiger charge is -2.23. The lowest BCUT2D eigenvalue weighted by molar-refractivity contribution is -0.134. The highest BCUT2D eigenvalue weighted by molar-refractivity contribution is 8.15. The van der Waals surface area contributed by atoms with E-state index in [4.69, 9.17) is 0 Å². The van der Waals surface area contributed by atoms with Crippen LogP contribution in [-0.4, -0.2) is 33.2 Å². The van der Waals surface area contributed by atoms with Gasteiger partial charge in [-0.1, -0.05) is 49.9 Å². The summed E-state index contributed by atoms with van der Waals surface area (Å²) in [5.41, 5.74) is 2.37. The van der Waals surface area contributed by atoms with Gasteiger partial charge >= 0.3 is 0 Å². The molecule has 1 aromatic carbocycles. The molecule has 0 spiro atoms. The van der Waals surface area contributed by atoms with Gasteiger partial charge in [-0.2, -0.15) is 0 Å². The van der Waals surface area contributed by atoms with Crippen molar-refractivity contribution >= 4 is 28.8 Å². The normalized spacial score (nSPS) is 20.4. The van der Waals surface area contributed by atoms with Crippen LogP contribution >= 0.6 is 11.8 Å². The molecule has 1 aliphatic carbocycles. The Labute approximate surface area is 146 Å². The highest BCUT2D eigenvalue weighted by atomic mass is 32.2. The van der Waals surface area contributed by atoms with Gasteiger partial charge in [0.25, 0.3) is 5.24 Å². The van der Waals surface area contributed by atoms with Gasteiger partial charge in [-0.05, 0) is 29.9 Å². The molecule has 1 saturated heterocycles. The van der Waals surface area contributed by atoms with Gasteiger partial charge in [-0.15, -0.1) is 0 Å². The third-order valence-electron chi connectivity index (χ3n) is 4.43. The minimum Gasteiger partial charge on any atom is -0.335 e. The van der Waals surface area contributed by atoms with Crippen LogP contribution in [0.15, 0.2) is 24.3 Å². The highest BCUT2D eigenvalue weighted by Crippen LogP contribution is 2.31. The Morgan fingerprint density at radius 3 is 2.42 bits per heavy atom. The van der Waals surface area contributed by atoms with Crippen LogP contribution < -0.4 is 5.32 Å². The van der Waals surface area contributed by atoms with Gasteiger partial charge in [-0.3, -0.25) is 19.7 Å². The number of carbonyl (C=O) groups is 3. The van der Waals surface area contributed by atoms with Gasteiger partial charge in [0.15, 0.2) is 0 Å². The van der Waals surface area contributed by atoms with Gasteiger partial charge in [-0.25, -0.2) is 0 Å². The molecule has 0 bridgehead atoms. The van der Waals surface area contributed by atoms with E-state index in [2.05, 4.69) is 43.4 Å². The fraction of sp³-hybridized carbons (Fsp3) is 0.500. The summed E-state index contributed by atoms with van der Waals surface area (Å²) in [5.74, 6) is 0.0822. The van der Waals surface area contributed by atoms with Crippen molar-refractivity contribution in [1.29, 1.82) is 0 Å². The molecule has 0 radical (unpaired) electrons. The summed E-state index contributed by atoms with van der Waals surface area (Å²) >= 11 is 0.916. The molecule has 128 valence electrons. The first-order valence-electron chi connectivity index (χ1n) is 8.34. The molecular formula is C18H22N2O3S. The van der Waals surface area contributed by atoms with E-state index >= 15 is 0 Å². The SMILES string of the molecule is CC(C)c1ccc(CN(C(=O)CC2SC(=O)NC2=O)C2CC2)cc1. The second kappa shape index (κ2) is 6.97. The summed E-state index contributed by atoms with van der Waals surface area (Å²) in [5, 5.41) is 1.29. The topological polar surface area (TPSA) is 66.5 Å². The molecule has 2 aliphatic rings. The van der Waals surface area contributed by atoms with Crippen molar-refractivity contribution < 1.29 is 14.4 Å². The van der Waals surface area contributed by atoms with E-state index in [0.29, 0.717) is 12.5 Å². The second-order valence-corrected chi connectivity index (χ2v) is 7.91. The number of nitrogens with one attached hydrogen (secondary N) is 1. The van der Waals surface area contributed by atoms with Gasteiger partial charge < -0.3 is 4.90 Å². The Kier molecular flexibility index (Phi) is 4.94. The summed E-state index contributed by atoms with van der Waals surface area (Å²) in [6, 6.07) is 8.62. The molecule has 24 heavy (non-hydrogen) atoms. The summed E-state index contributed by atoms with van der Waals surface area (Å²) < 4.78 is 0. The maximum atomic E-state index is 12.6. The summed E-state index contributed by atoms with van der Waals surface area (Å²) in [7, 11) is 0. The van der Waals surface area contributed by atoms with Crippen LogP contribution in [-0.2, 0) is 16.1 Å². The van der Waals surface area contributed by atoms with Crippen molar-refractivity contribution in [3.05, 3.63) is 35.4 Å². The fourth-order valence-electron chi connectivity index (χ4n) is 2.82. The van der Waals surface area contributed by atoms with E-state index in [1.807, 2.05) is 4.90 Å². The average molecular weight is 346 g/mol. The zero-order chi connectivity index (χ0) is 17.3. The lowest BCUT2D eigenvalue weighted by Crippen LogP contribution is -2.36. The Morgan fingerprint density at radius 2 is 1.92 bits per heavy atom. The van der Waals surface area contributed by atoms with Crippen molar-refractivity contribution in [3.63, 3.8) is 0 Å². The van der Waals surface area contributed by atoms with E-state index in [-0.39, 0.29) is 29.5 Å². The first-order chi connectivity index (χ1) is 11.4. The van der Waals surface area contributed by atoms with Crippen molar-refractivity contribution in [2.75, 3.05) is 0 Å². The Balaban J connectivity index is 1.65. The van der Waals surface area contributed by atoms with E-state index in [1.165, 1.54) is 5.56 Å². The first kappa shape index (κ1) is 17.0. The fourth-order valence-corrected chi connectivity index (χ4v) is 3.63. The number of nitrogens with zero attached hydrogens (tertiary/aromatic N) is 1. The molecule has 3 amide bonds. The van der Waals surface area contributed by atoms with Crippen LogP contribution in [0.25, 0.3) is 0 Å². The van der Waals surface area contributed by atoms with Crippen molar-refractivity contribution in [3.8, 4) is 0 Å². The molecule has 5 nitrogen and oxygen atoms in total. The maximum absolute atomic E-state index is 12.6. The highest BCUT2D eigenvalue weighted by Gasteiger charge is 2.38. The average Bonchev–Trinajstić information content (AvgIpc) is 3.31. The largest absolute Gasteiger partial charge is 0.335 e. The number of hydrogen-bond donors (Lipinski definition) is 1. The molecule has 1 saturated carbocycles. The molecular weight excluding hydrogens is 324 g/mol. The van der Waals surface area contributed by atoms with Gasteiger partial charge in [0, 0.05) is 19.0 Å². The predicted molar refractivity (Wildman–Crippen MR) is 93.6 cm³/mol. The van der Waals surface area contributed by atoms with Crippen LogP contribution in [0, 0.1) is 0 Å². The van der Waals surface area contributed by atoms with Crippen LogP contribution in [0.2, 0.25) is 0 Å². The first-order valence-corrected chi connectivity index (χ1v) is 9.22. The number of rotatable bonds is 6. The molecule has 1 aromatic rings. The number of benzene rings is 1. The lowest BCUT2D eigenvalue weighted by atomic mass is 10.0. The number of amides is 3. The van der Waals surface area contributed by atoms with Crippen molar-refractivity contribution in [2.24, 2.45) is 0 Å². The zero-order valence-electron chi connectivity index (χ0n) is 14.0. The molecule has 1 unspecified atom stereocenters. The predicted octanol–water partition coefficient (Wildman–Crippen LogP) is 3.04. The van der Waals surface area contributed by atoms with Crippen LogP contribution in [0.4, 0.5) is 4.79 Å². The quantitative estimate of drug-likeness (QED) is 0.860. The third kappa shape index (κ3) is 3.98. The second-order valence-electron chi connectivity index (χ2n) is 6.74. The minimum atomic E-state index is -0.588. The van der Waals surface area contributed by atoms with Gasteiger partial charge in [0.1, 0.15) is 5.25 Å². The van der Waals surface area contributed by atoms with E-state index in [9.17, 15) is 14.4 Å². The summed E-state index contributed by atoms with van der Waals surface area (Å²) in [4.78, 5) is 37.4. The number of hydrogen-bond acceptors (Lipinski definition) is 4. The van der Waals surface area contributed by atoms with Crippen molar-refractivity contribution in [1.82, 2.24) is 10.2 Å². The van der Waals surface area contributed by atoms with E-state index in [1.54, 1.807) is 0 Å². The third-order valence-corrected chi connectivity index (χ3v) is 5.42. The Bertz CT molecular complexity index is 653. The summed E-state index contributed by atoms with van der Waals surface area (Å²) in [6.45, 7) is 4.87. The summed E-state index contributed by atoms with van der Waals surface area (Å²) in [6.07, 6.45) is 2.11. The maximum Gasteiger partial charge on any atom is 0.286 e. The molecule has 1 N–H and O–H groups in total. The molecule has 1 heterocycles. The number of thioether (sulfide) groups is 1. The van der Waals surface area contributed by atoms with Crippen LogP contribution in [0.1, 0.15) is 50.2 Å². The zero-order valence-corrected chi connectivity index (χ0v) is 14.8. The number of imide groups is 1. The minimum absolute atomic E-state index is 0.0483. The Hall–Kier alpha value is -1.82. The number of carbonyl (C=O) groups excluding carboxylic acids is 3. The monoisotopic (exact) mass is 346 g/mol. The van der Waals surface area contributed by atoms with Crippen molar-refractivity contribution in [2.45, 2.75) is 56.9 Å². The molecule has 2 fully saturated rings. The smallest absolute Gasteiger partial charge is 0.286 e.